The molecule has 118 valence electrons. The fourth-order valence-corrected chi connectivity index (χ4v) is 6.31. The molecule has 3 nitrogen and oxygen atoms in total. The SMILES string of the molecule is C1CCN([S+](N2CCCCC2)N2CCCCC2)CC1.[I-]. The Balaban J connectivity index is 0.00000147. The van der Waals surface area contributed by atoms with Crippen molar-refractivity contribution >= 4 is 11.5 Å². The third kappa shape index (κ3) is 4.48. The van der Waals surface area contributed by atoms with Crippen LogP contribution >= 0.6 is 0 Å². The molecule has 0 atom stereocenters. The Morgan fingerprint density at radius 3 is 0.900 bits per heavy atom. The summed E-state index contributed by atoms with van der Waals surface area (Å²) in [5.41, 5.74) is 0. The third-order valence-electron chi connectivity index (χ3n) is 4.64. The number of rotatable bonds is 3. The largest absolute Gasteiger partial charge is 1.00 e. The molecule has 3 aliphatic heterocycles. The van der Waals surface area contributed by atoms with Crippen molar-refractivity contribution < 1.29 is 24.0 Å². The van der Waals surface area contributed by atoms with Crippen LogP contribution in [0.4, 0.5) is 0 Å². The van der Waals surface area contributed by atoms with Crippen molar-refractivity contribution in [1.29, 1.82) is 0 Å². The molecule has 0 spiro atoms. The van der Waals surface area contributed by atoms with Gasteiger partial charge in [-0.2, -0.15) is 0 Å². The van der Waals surface area contributed by atoms with Gasteiger partial charge in [0.25, 0.3) is 11.5 Å². The zero-order valence-electron chi connectivity index (χ0n) is 12.7. The van der Waals surface area contributed by atoms with Crippen molar-refractivity contribution in [3.63, 3.8) is 0 Å². The topological polar surface area (TPSA) is 9.72 Å². The first-order chi connectivity index (χ1) is 9.45. The first-order valence-corrected chi connectivity index (χ1v) is 9.54. The van der Waals surface area contributed by atoms with Crippen LogP contribution in [0.25, 0.3) is 0 Å². The van der Waals surface area contributed by atoms with Gasteiger partial charge in [-0.3, -0.25) is 0 Å². The van der Waals surface area contributed by atoms with Gasteiger partial charge in [-0.1, -0.05) is 32.2 Å². The molecule has 5 heteroatoms. The molecule has 3 saturated heterocycles. The first-order valence-electron chi connectivity index (χ1n) is 8.45. The molecule has 0 aliphatic carbocycles. The van der Waals surface area contributed by atoms with E-state index in [1.807, 2.05) is 0 Å². The molecule has 0 saturated carbocycles. The lowest BCUT2D eigenvalue weighted by Gasteiger charge is -2.37. The van der Waals surface area contributed by atoms with Crippen molar-refractivity contribution in [1.82, 2.24) is 12.9 Å². The minimum Gasteiger partial charge on any atom is -1.00 e. The van der Waals surface area contributed by atoms with E-state index in [-0.39, 0.29) is 24.0 Å². The van der Waals surface area contributed by atoms with Gasteiger partial charge in [0.1, 0.15) is 0 Å². The average Bonchev–Trinajstić information content (AvgIpc) is 2.51. The second-order valence-electron chi connectivity index (χ2n) is 6.21. The quantitative estimate of drug-likeness (QED) is 0.471. The van der Waals surface area contributed by atoms with Crippen LogP contribution < -0.4 is 24.0 Å². The Bertz CT molecular complexity index is 219. The molecule has 0 amide bonds. The fourth-order valence-electron chi connectivity index (χ4n) is 3.57. The molecule has 0 N–H and O–H groups in total. The van der Waals surface area contributed by atoms with Crippen molar-refractivity contribution in [2.24, 2.45) is 0 Å². The molecular formula is C15H30IN3S. The van der Waals surface area contributed by atoms with Crippen LogP contribution in [0.5, 0.6) is 0 Å². The predicted octanol–water partition coefficient (Wildman–Crippen LogP) is -0.189. The van der Waals surface area contributed by atoms with Crippen molar-refractivity contribution in [3.05, 3.63) is 0 Å². The van der Waals surface area contributed by atoms with E-state index in [9.17, 15) is 0 Å². The molecule has 20 heavy (non-hydrogen) atoms. The summed E-state index contributed by atoms with van der Waals surface area (Å²) in [4.78, 5) is 0. The first kappa shape index (κ1) is 17.3. The van der Waals surface area contributed by atoms with E-state index in [2.05, 4.69) is 12.9 Å². The Morgan fingerprint density at radius 1 is 0.400 bits per heavy atom. The van der Waals surface area contributed by atoms with Gasteiger partial charge in [-0.05, 0) is 38.5 Å². The van der Waals surface area contributed by atoms with E-state index >= 15 is 0 Å². The molecule has 3 heterocycles. The molecule has 0 aromatic heterocycles. The average molecular weight is 411 g/mol. The number of hydrogen-bond donors (Lipinski definition) is 0. The summed E-state index contributed by atoms with van der Waals surface area (Å²) in [7, 11) is 0. The minimum atomic E-state index is 0. The van der Waals surface area contributed by atoms with Crippen LogP contribution in [-0.2, 0) is 11.5 Å². The van der Waals surface area contributed by atoms with E-state index in [1.165, 1.54) is 97.1 Å². The van der Waals surface area contributed by atoms with Gasteiger partial charge in [0, 0.05) is 39.3 Å². The second kappa shape index (κ2) is 9.18. The Morgan fingerprint density at radius 2 is 0.650 bits per heavy atom. The Labute approximate surface area is 145 Å². The molecule has 0 aromatic carbocycles. The van der Waals surface area contributed by atoms with Crippen molar-refractivity contribution in [2.45, 2.75) is 57.8 Å². The number of hydrogen-bond acceptors (Lipinski definition) is 3. The van der Waals surface area contributed by atoms with E-state index < -0.39 is 0 Å². The fraction of sp³-hybridized carbons (Fsp3) is 1.00. The monoisotopic (exact) mass is 411 g/mol. The lowest BCUT2D eigenvalue weighted by Crippen LogP contribution is -3.00. The van der Waals surface area contributed by atoms with Crippen LogP contribution in [0.3, 0.4) is 0 Å². The van der Waals surface area contributed by atoms with Gasteiger partial charge < -0.3 is 24.0 Å². The van der Waals surface area contributed by atoms with Crippen LogP contribution in [0.1, 0.15) is 57.8 Å². The summed E-state index contributed by atoms with van der Waals surface area (Å²) in [6, 6.07) is 0. The van der Waals surface area contributed by atoms with Gasteiger partial charge in [-0.25, -0.2) is 0 Å². The summed E-state index contributed by atoms with van der Waals surface area (Å²) in [5, 5.41) is 0. The van der Waals surface area contributed by atoms with E-state index in [0.29, 0.717) is 11.5 Å². The smallest absolute Gasteiger partial charge is 0.268 e. The predicted molar refractivity (Wildman–Crippen MR) is 83.6 cm³/mol. The lowest BCUT2D eigenvalue weighted by molar-refractivity contribution is -0.00000417. The highest BCUT2D eigenvalue weighted by Crippen LogP contribution is 2.27. The van der Waals surface area contributed by atoms with E-state index in [1.54, 1.807) is 0 Å². The zero-order chi connectivity index (χ0) is 12.9. The van der Waals surface area contributed by atoms with Gasteiger partial charge in [0.15, 0.2) is 0 Å². The normalized spacial score (nSPS) is 27.4. The molecule has 3 rings (SSSR count). The second-order valence-corrected chi connectivity index (χ2v) is 8.25. The zero-order valence-corrected chi connectivity index (χ0v) is 15.7. The van der Waals surface area contributed by atoms with Gasteiger partial charge >= 0.3 is 0 Å². The molecule has 0 unspecified atom stereocenters. The lowest BCUT2D eigenvalue weighted by atomic mass is 10.2. The van der Waals surface area contributed by atoms with Crippen LogP contribution in [0.15, 0.2) is 0 Å². The summed E-state index contributed by atoms with van der Waals surface area (Å²) < 4.78 is 8.46. The Kier molecular flexibility index (Phi) is 7.95. The summed E-state index contributed by atoms with van der Waals surface area (Å²) in [5.74, 6) is 0. The van der Waals surface area contributed by atoms with Crippen LogP contribution in [-0.4, -0.2) is 52.2 Å². The van der Waals surface area contributed by atoms with Crippen LogP contribution in [0.2, 0.25) is 0 Å². The molecule has 3 fully saturated rings. The van der Waals surface area contributed by atoms with Crippen LogP contribution in [0, 0.1) is 0 Å². The van der Waals surface area contributed by atoms with Gasteiger partial charge in [0.2, 0.25) is 0 Å². The maximum atomic E-state index is 2.82. The molecule has 0 radical (unpaired) electrons. The summed E-state index contributed by atoms with van der Waals surface area (Å²) in [6.45, 7) is 8.06. The molecule has 3 aliphatic rings. The maximum Gasteiger partial charge on any atom is 0.268 e. The molecule has 0 aromatic rings. The summed E-state index contributed by atoms with van der Waals surface area (Å²) in [6.07, 6.45) is 12.9. The van der Waals surface area contributed by atoms with Crippen molar-refractivity contribution in [3.8, 4) is 0 Å². The highest BCUT2D eigenvalue weighted by atomic mass is 127. The van der Waals surface area contributed by atoms with E-state index in [4.69, 9.17) is 0 Å². The third-order valence-corrected chi connectivity index (χ3v) is 7.12. The molecular weight excluding hydrogens is 381 g/mol. The number of piperidine rings is 3. The standard InChI is InChI=1S/C15H30N3S.HI/c1-4-10-16(11-5-1)19(17-12-6-2-7-13-17)18-14-8-3-9-15-18;/h1-15H2;1H/q+1;/p-1. The number of nitrogens with zero attached hydrogens (tertiary/aromatic N) is 3. The minimum absolute atomic E-state index is 0. The maximum absolute atomic E-state index is 2.82. The van der Waals surface area contributed by atoms with Crippen molar-refractivity contribution in [2.75, 3.05) is 39.3 Å². The van der Waals surface area contributed by atoms with Gasteiger partial charge in [-0.15, -0.1) is 0 Å². The molecule has 0 bridgehead atoms. The number of halogens is 1. The van der Waals surface area contributed by atoms with E-state index in [0.717, 1.165) is 0 Å². The van der Waals surface area contributed by atoms with Gasteiger partial charge in [0.05, 0.1) is 0 Å². The highest BCUT2D eigenvalue weighted by Gasteiger charge is 2.44. The highest BCUT2D eigenvalue weighted by molar-refractivity contribution is 7.90. The Hall–Kier alpha value is 0.960. The summed E-state index contributed by atoms with van der Waals surface area (Å²) >= 11 is 0.316.